The Kier molecular flexibility index (Phi) is 11.8. The lowest BCUT2D eigenvalue weighted by Crippen LogP contribution is -2.61. The van der Waals surface area contributed by atoms with Crippen LogP contribution < -0.4 is 5.32 Å². The molecule has 0 aliphatic heterocycles. The standard InChI is InChI=1S/C30H37NO8/c1-6-37-28(35)30(31-21(5)32,29(36)38-7-2)17-16-22-8-14-25(15-9-22)26(33)19-39-27(34)18-23-10-12-24(13-11-23)20(3)4/h8-15,20H,6-7,16-19H2,1-5H3,(H,31,32). The highest BCUT2D eigenvalue weighted by atomic mass is 16.6. The first-order chi connectivity index (χ1) is 18.5. The summed E-state index contributed by atoms with van der Waals surface area (Å²) in [6.07, 6.45) is 0.172. The smallest absolute Gasteiger partial charge is 0.343 e. The van der Waals surface area contributed by atoms with Gasteiger partial charge in [-0.1, -0.05) is 62.4 Å². The van der Waals surface area contributed by atoms with Crippen LogP contribution in [0.4, 0.5) is 0 Å². The van der Waals surface area contributed by atoms with Gasteiger partial charge in [0.1, 0.15) is 0 Å². The van der Waals surface area contributed by atoms with Crippen LogP contribution in [-0.4, -0.2) is 55.0 Å². The van der Waals surface area contributed by atoms with Crippen molar-refractivity contribution in [1.29, 1.82) is 0 Å². The summed E-state index contributed by atoms with van der Waals surface area (Å²) in [5, 5.41) is 2.42. The molecule has 2 rings (SSSR count). The van der Waals surface area contributed by atoms with E-state index in [2.05, 4.69) is 19.2 Å². The van der Waals surface area contributed by atoms with Crippen molar-refractivity contribution in [1.82, 2.24) is 5.32 Å². The predicted molar refractivity (Wildman–Crippen MR) is 144 cm³/mol. The van der Waals surface area contributed by atoms with Crippen LogP contribution in [-0.2, 0) is 46.2 Å². The first-order valence-electron chi connectivity index (χ1n) is 13.0. The van der Waals surface area contributed by atoms with Crippen molar-refractivity contribution in [3.8, 4) is 0 Å². The SMILES string of the molecule is CCOC(=O)C(CCc1ccc(C(=O)COC(=O)Cc2ccc(C(C)C)cc2)cc1)(NC(C)=O)C(=O)OCC. The second-order valence-electron chi connectivity index (χ2n) is 9.38. The Morgan fingerprint density at radius 3 is 1.82 bits per heavy atom. The molecule has 210 valence electrons. The van der Waals surface area contributed by atoms with Crippen LogP contribution in [0.3, 0.4) is 0 Å². The average molecular weight is 540 g/mol. The van der Waals surface area contributed by atoms with Gasteiger partial charge in [0.15, 0.2) is 12.4 Å². The summed E-state index contributed by atoms with van der Waals surface area (Å²) in [6, 6.07) is 14.2. The van der Waals surface area contributed by atoms with Gasteiger partial charge in [0.25, 0.3) is 0 Å². The largest absolute Gasteiger partial charge is 0.464 e. The first-order valence-corrected chi connectivity index (χ1v) is 13.0. The van der Waals surface area contributed by atoms with Gasteiger partial charge >= 0.3 is 17.9 Å². The number of amides is 1. The van der Waals surface area contributed by atoms with Crippen molar-refractivity contribution in [2.75, 3.05) is 19.8 Å². The maximum absolute atomic E-state index is 12.7. The molecule has 0 saturated heterocycles. The zero-order valence-corrected chi connectivity index (χ0v) is 23.2. The van der Waals surface area contributed by atoms with Crippen molar-refractivity contribution in [3.05, 3.63) is 70.8 Å². The molecular weight excluding hydrogens is 502 g/mol. The molecule has 1 amide bonds. The van der Waals surface area contributed by atoms with Gasteiger partial charge < -0.3 is 19.5 Å². The lowest BCUT2D eigenvalue weighted by Gasteiger charge is -2.29. The second-order valence-corrected chi connectivity index (χ2v) is 9.38. The minimum atomic E-state index is -1.99. The van der Waals surface area contributed by atoms with E-state index in [1.807, 2.05) is 24.3 Å². The molecule has 1 N–H and O–H groups in total. The number of Topliss-reactive ketones (excluding diaryl/α,β-unsaturated/α-hetero) is 1. The molecule has 0 spiro atoms. The molecule has 0 radical (unpaired) electrons. The molecule has 0 heterocycles. The number of hydrogen-bond acceptors (Lipinski definition) is 8. The van der Waals surface area contributed by atoms with Crippen LogP contribution in [0.15, 0.2) is 48.5 Å². The number of rotatable bonds is 14. The van der Waals surface area contributed by atoms with Crippen molar-refractivity contribution in [2.45, 2.75) is 65.3 Å². The number of nitrogens with one attached hydrogen (secondary N) is 1. The van der Waals surface area contributed by atoms with Gasteiger partial charge in [-0.2, -0.15) is 0 Å². The summed E-state index contributed by atoms with van der Waals surface area (Å²) in [6.45, 7) is 8.22. The van der Waals surface area contributed by atoms with Crippen molar-refractivity contribution >= 4 is 29.6 Å². The summed E-state index contributed by atoms with van der Waals surface area (Å²) in [5.41, 5.74) is 1.04. The topological polar surface area (TPSA) is 125 Å². The zero-order valence-electron chi connectivity index (χ0n) is 23.2. The molecule has 39 heavy (non-hydrogen) atoms. The highest BCUT2D eigenvalue weighted by molar-refractivity contribution is 6.07. The summed E-state index contributed by atoms with van der Waals surface area (Å²) in [4.78, 5) is 62.1. The fraction of sp³-hybridized carbons (Fsp3) is 0.433. The molecule has 0 fully saturated rings. The molecule has 0 atom stereocenters. The van der Waals surface area contributed by atoms with E-state index in [-0.39, 0.29) is 44.9 Å². The molecule has 2 aromatic rings. The molecule has 0 aliphatic rings. The molecular formula is C30H37NO8. The Bertz CT molecular complexity index is 1130. The third-order valence-corrected chi connectivity index (χ3v) is 6.06. The Labute approximate surface area is 229 Å². The second kappa shape index (κ2) is 14.8. The monoisotopic (exact) mass is 539 g/mol. The Morgan fingerprint density at radius 1 is 0.795 bits per heavy atom. The zero-order chi connectivity index (χ0) is 29.0. The molecule has 9 heteroatoms. The fourth-order valence-electron chi connectivity index (χ4n) is 3.92. The lowest BCUT2D eigenvalue weighted by molar-refractivity contribution is -0.168. The van der Waals surface area contributed by atoms with Crippen LogP contribution >= 0.6 is 0 Å². The number of carbonyl (C=O) groups excluding carboxylic acids is 5. The van der Waals surface area contributed by atoms with Crippen LogP contribution in [0.1, 0.15) is 74.0 Å². The maximum atomic E-state index is 12.7. The summed E-state index contributed by atoms with van der Waals surface area (Å²) < 4.78 is 15.3. The van der Waals surface area contributed by atoms with E-state index >= 15 is 0 Å². The maximum Gasteiger partial charge on any atom is 0.343 e. The number of esters is 3. The minimum Gasteiger partial charge on any atom is -0.464 e. The first kappa shape index (κ1) is 31.2. The Morgan fingerprint density at radius 2 is 1.33 bits per heavy atom. The Balaban J connectivity index is 2.01. The number of aryl methyl sites for hydroxylation is 1. The van der Waals surface area contributed by atoms with Gasteiger partial charge in [0, 0.05) is 12.5 Å². The molecule has 0 aromatic heterocycles. The van der Waals surface area contributed by atoms with Crippen molar-refractivity contribution in [2.24, 2.45) is 0 Å². The van der Waals surface area contributed by atoms with Gasteiger partial charge in [-0.3, -0.25) is 14.4 Å². The van der Waals surface area contributed by atoms with Gasteiger partial charge in [0.05, 0.1) is 19.6 Å². The normalized spacial score (nSPS) is 11.0. The van der Waals surface area contributed by atoms with Gasteiger partial charge in [0.2, 0.25) is 11.4 Å². The van der Waals surface area contributed by atoms with Gasteiger partial charge in [-0.25, -0.2) is 9.59 Å². The average Bonchev–Trinajstić information content (AvgIpc) is 2.90. The van der Waals surface area contributed by atoms with Gasteiger partial charge in [-0.15, -0.1) is 0 Å². The van der Waals surface area contributed by atoms with Crippen molar-refractivity contribution in [3.63, 3.8) is 0 Å². The number of ether oxygens (including phenoxy) is 3. The van der Waals surface area contributed by atoms with Crippen LogP contribution in [0, 0.1) is 0 Å². The number of ketones is 1. The third kappa shape index (κ3) is 9.05. The van der Waals surface area contributed by atoms with E-state index in [4.69, 9.17) is 14.2 Å². The van der Waals surface area contributed by atoms with E-state index in [1.165, 1.54) is 12.5 Å². The number of benzene rings is 2. The molecule has 0 bridgehead atoms. The quantitative estimate of drug-likeness (QED) is 0.167. The molecule has 0 unspecified atom stereocenters. The van der Waals surface area contributed by atoms with Crippen LogP contribution in [0.2, 0.25) is 0 Å². The van der Waals surface area contributed by atoms with E-state index < -0.39 is 29.4 Å². The highest BCUT2D eigenvalue weighted by Gasteiger charge is 2.49. The van der Waals surface area contributed by atoms with E-state index in [1.54, 1.807) is 38.1 Å². The van der Waals surface area contributed by atoms with Crippen LogP contribution in [0.25, 0.3) is 0 Å². The third-order valence-electron chi connectivity index (χ3n) is 6.06. The fourth-order valence-corrected chi connectivity index (χ4v) is 3.92. The predicted octanol–water partition coefficient (Wildman–Crippen LogP) is 3.71. The summed E-state index contributed by atoms with van der Waals surface area (Å²) in [7, 11) is 0. The highest BCUT2D eigenvalue weighted by Crippen LogP contribution is 2.21. The van der Waals surface area contributed by atoms with E-state index in [0.29, 0.717) is 17.0 Å². The molecule has 0 aliphatic carbocycles. The van der Waals surface area contributed by atoms with E-state index in [0.717, 1.165) is 5.56 Å². The van der Waals surface area contributed by atoms with Crippen LogP contribution in [0.5, 0.6) is 0 Å². The molecule has 9 nitrogen and oxygen atoms in total. The number of carbonyl (C=O) groups is 5. The summed E-state index contributed by atoms with van der Waals surface area (Å²) in [5.74, 6) is -2.85. The van der Waals surface area contributed by atoms with Crippen molar-refractivity contribution < 1.29 is 38.2 Å². The number of hydrogen-bond donors (Lipinski definition) is 1. The molecule has 0 saturated carbocycles. The molecule has 2 aromatic carbocycles. The lowest BCUT2D eigenvalue weighted by atomic mass is 9.90. The van der Waals surface area contributed by atoms with E-state index in [9.17, 15) is 24.0 Å². The summed E-state index contributed by atoms with van der Waals surface area (Å²) >= 11 is 0. The minimum absolute atomic E-state index is 0.0192. The van der Waals surface area contributed by atoms with Gasteiger partial charge in [-0.05, 0) is 49.3 Å². The Hall–Kier alpha value is -4.01.